The molecule has 0 amide bonds. The van der Waals surface area contributed by atoms with Gasteiger partial charge in [0.1, 0.15) is 0 Å². The maximum Gasteiger partial charge on any atom is 0.397 e. The largest absolute Gasteiger partial charge is 0.397 e. The first kappa shape index (κ1) is 15.3. The third-order valence-electron chi connectivity index (χ3n) is 1.22. The lowest BCUT2D eigenvalue weighted by molar-refractivity contribution is 0.283. The number of rotatable bonds is 5. The van der Waals surface area contributed by atoms with Gasteiger partial charge in [-0.25, -0.2) is 4.18 Å². The van der Waals surface area contributed by atoms with Gasteiger partial charge in [-0.05, 0) is 6.92 Å². The maximum atomic E-state index is 9.56. The van der Waals surface area contributed by atoms with E-state index >= 15 is 0 Å². The van der Waals surface area contributed by atoms with Gasteiger partial charge < -0.3 is 0 Å². The Hall–Kier alpha value is -0.130. The van der Waals surface area contributed by atoms with Gasteiger partial charge in [0, 0.05) is 0 Å². The van der Waals surface area contributed by atoms with Crippen LogP contribution in [0.25, 0.3) is 0 Å². The summed E-state index contributed by atoms with van der Waals surface area (Å²) < 4.78 is 30.7. The summed E-state index contributed by atoms with van der Waals surface area (Å²) in [6.07, 6.45) is 5.54. The zero-order valence-electron chi connectivity index (χ0n) is 8.62. The lowest BCUT2D eigenvalue weighted by Gasteiger charge is -1.88. The summed E-state index contributed by atoms with van der Waals surface area (Å²) in [6, 6.07) is 0. The fraction of sp³-hybridized carbons (Fsp3) is 1.00. The van der Waals surface area contributed by atoms with Gasteiger partial charge in [0.2, 0.25) is 0 Å². The van der Waals surface area contributed by atoms with E-state index in [1.54, 1.807) is 0 Å². The van der Waals surface area contributed by atoms with Crippen molar-refractivity contribution in [3.8, 4) is 0 Å². The Bertz CT molecular complexity index is 171. The van der Waals surface area contributed by atoms with Crippen molar-refractivity contribution in [3.63, 3.8) is 0 Å². The molecule has 0 aromatic carbocycles. The molecule has 0 rings (SSSR count). The molecule has 0 atom stereocenters. The second-order valence-corrected chi connectivity index (χ2v) is 3.63. The minimum absolute atomic E-state index is 0.0289. The van der Waals surface area contributed by atoms with Gasteiger partial charge in [-0.15, -0.1) is 0 Å². The van der Waals surface area contributed by atoms with Gasteiger partial charge in [0.05, 0.1) is 6.61 Å². The first-order valence-corrected chi connectivity index (χ1v) is 5.96. The molecule has 0 saturated carbocycles. The van der Waals surface area contributed by atoms with Gasteiger partial charge in [0.15, 0.2) is 0 Å². The average molecular weight is 212 g/mol. The molecule has 0 aliphatic rings. The highest BCUT2D eigenvalue weighted by Crippen LogP contribution is 1.95. The lowest BCUT2D eigenvalue weighted by Crippen LogP contribution is -2.01. The van der Waals surface area contributed by atoms with Crippen LogP contribution in [-0.4, -0.2) is 19.6 Å². The Morgan fingerprint density at radius 2 is 1.46 bits per heavy atom. The minimum atomic E-state index is -4.17. The van der Waals surface area contributed by atoms with Gasteiger partial charge in [-0.3, -0.25) is 4.55 Å². The second kappa shape index (κ2) is 9.95. The molecule has 0 aromatic heterocycles. The SMILES string of the molecule is CCCCCC.CCOS(=O)(=O)O. The monoisotopic (exact) mass is 212 g/mol. The molecule has 0 heterocycles. The van der Waals surface area contributed by atoms with Crippen LogP contribution in [0.15, 0.2) is 0 Å². The highest BCUT2D eigenvalue weighted by Gasteiger charge is 1.98. The second-order valence-electron chi connectivity index (χ2n) is 2.54. The average Bonchev–Trinajstić information content (AvgIpc) is 1.99. The van der Waals surface area contributed by atoms with Crippen molar-refractivity contribution in [2.45, 2.75) is 46.5 Å². The van der Waals surface area contributed by atoms with Crippen LogP contribution < -0.4 is 0 Å². The molecule has 0 aromatic rings. The molecule has 0 radical (unpaired) electrons. The zero-order valence-corrected chi connectivity index (χ0v) is 9.43. The first-order chi connectivity index (χ1) is 5.97. The van der Waals surface area contributed by atoms with E-state index in [0.717, 1.165) is 0 Å². The number of hydrogen-bond donors (Lipinski definition) is 1. The van der Waals surface area contributed by atoms with Gasteiger partial charge in [-0.1, -0.05) is 39.5 Å². The van der Waals surface area contributed by atoms with Crippen molar-refractivity contribution in [3.05, 3.63) is 0 Å². The molecule has 0 unspecified atom stereocenters. The smallest absolute Gasteiger partial charge is 0.264 e. The van der Waals surface area contributed by atoms with Crippen molar-refractivity contribution in [1.82, 2.24) is 0 Å². The Balaban J connectivity index is 0. The van der Waals surface area contributed by atoms with Crippen LogP contribution in [0.3, 0.4) is 0 Å². The molecule has 5 heteroatoms. The van der Waals surface area contributed by atoms with E-state index in [0.29, 0.717) is 0 Å². The normalized spacial score (nSPS) is 10.5. The van der Waals surface area contributed by atoms with E-state index in [2.05, 4.69) is 18.0 Å². The van der Waals surface area contributed by atoms with E-state index in [4.69, 9.17) is 4.55 Å². The Morgan fingerprint density at radius 1 is 1.08 bits per heavy atom. The van der Waals surface area contributed by atoms with E-state index in [9.17, 15) is 8.42 Å². The molecule has 0 fully saturated rings. The van der Waals surface area contributed by atoms with Crippen molar-refractivity contribution >= 4 is 10.4 Å². The van der Waals surface area contributed by atoms with E-state index < -0.39 is 10.4 Å². The third-order valence-corrected chi connectivity index (χ3v) is 1.76. The summed E-state index contributed by atoms with van der Waals surface area (Å²) in [5.74, 6) is 0. The quantitative estimate of drug-likeness (QED) is 0.561. The fourth-order valence-corrected chi connectivity index (χ4v) is 0.947. The van der Waals surface area contributed by atoms with E-state index in [-0.39, 0.29) is 6.61 Å². The third kappa shape index (κ3) is 24.5. The number of unbranched alkanes of at least 4 members (excludes halogenated alkanes) is 3. The first-order valence-electron chi connectivity index (χ1n) is 4.59. The van der Waals surface area contributed by atoms with Crippen molar-refractivity contribution in [2.24, 2.45) is 0 Å². The molecule has 13 heavy (non-hydrogen) atoms. The van der Waals surface area contributed by atoms with Crippen molar-refractivity contribution in [2.75, 3.05) is 6.61 Å². The van der Waals surface area contributed by atoms with Crippen molar-refractivity contribution in [1.29, 1.82) is 0 Å². The lowest BCUT2D eigenvalue weighted by atomic mass is 10.2. The molecule has 82 valence electrons. The summed E-state index contributed by atoms with van der Waals surface area (Å²) in [5, 5.41) is 0. The predicted octanol–water partition coefficient (Wildman–Crippen LogP) is 2.41. The van der Waals surface area contributed by atoms with Gasteiger partial charge in [0.25, 0.3) is 0 Å². The molecule has 0 spiro atoms. The molecular formula is C8H20O4S. The molecule has 1 N–H and O–H groups in total. The summed E-state index contributed by atoms with van der Waals surface area (Å²) in [5.41, 5.74) is 0. The standard InChI is InChI=1S/C6H14.C2H6O4S/c1-3-5-6-4-2;1-2-6-7(3,4)5/h3-6H2,1-2H3;2H2,1H3,(H,3,4,5). The Kier molecular flexibility index (Phi) is 11.8. The fourth-order valence-electron chi connectivity index (χ4n) is 0.649. The summed E-state index contributed by atoms with van der Waals surface area (Å²) >= 11 is 0. The molecule has 4 nitrogen and oxygen atoms in total. The van der Waals surface area contributed by atoms with Crippen LogP contribution >= 0.6 is 0 Å². The summed E-state index contributed by atoms with van der Waals surface area (Å²) in [4.78, 5) is 0. The summed E-state index contributed by atoms with van der Waals surface area (Å²) in [6.45, 7) is 5.90. The van der Waals surface area contributed by atoms with Crippen LogP contribution in [0.4, 0.5) is 0 Å². The number of hydrogen-bond acceptors (Lipinski definition) is 3. The van der Waals surface area contributed by atoms with Crippen LogP contribution in [0, 0.1) is 0 Å². The van der Waals surface area contributed by atoms with Crippen LogP contribution in [0.2, 0.25) is 0 Å². The molecule has 0 aliphatic carbocycles. The van der Waals surface area contributed by atoms with Gasteiger partial charge in [-0.2, -0.15) is 8.42 Å². The molecule has 0 saturated heterocycles. The maximum absolute atomic E-state index is 9.56. The van der Waals surface area contributed by atoms with E-state index in [1.165, 1.54) is 32.6 Å². The van der Waals surface area contributed by atoms with E-state index in [1.807, 2.05) is 0 Å². The highest BCUT2D eigenvalue weighted by molar-refractivity contribution is 7.80. The highest BCUT2D eigenvalue weighted by atomic mass is 32.3. The van der Waals surface area contributed by atoms with Crippen LogP contribution in [-0.2, 0) is 14.6 Å². The Labute approximate surface area is 81.3 Å². The topological polar surface area (TPSA) is 63.6 Å². The molecule has 0 aliphatic heterocycles. The van der Waals surface area contributed by atoms with Gasteiger partial charge >= 0.3 is 10.4 Å². The van der Waals surface area contributed by atoms with Crippen LogP contribution in [0.5, 0.6) is 0 Å². The zero-order chi connectivity index (χ0) is 10.7. The Morgan fingerprint density at radius 3 is 1.54 bits per heavy atom. The molecule has 0 bridgehead atoms. The van der Waals surface area contributed by atoms with Crippen molar-refractivity contribution < 1.29 is 17.2 Å². The van der Waals surface area contributed by atoms with Crippen LogP contribution in [0.1, 0.15) is 46.5 Å². The minimum Gasteiger partial charge on any atom is -0.264 e. The predicted molar refractivity (Wildman–Crippen MR) is 53.0 cm³/mol. The molecular weight excluding hydrogens is 192 g/mol. The summed E-state index contributed by atoms with van der Waals surface area (Å²) in [7, 11) is -4.17.